The molecule has 0 aromatic heterocycles. The highest BCUT2D eigenvalue weighted by Gasteiger charge is 2.21. The molecule has 106 valence electrons. The molecule has 1 heterocycles. The molecule has 1 fully saturated rings. The van der Waals surface area contributed by atoms with E-state index < -0.39 is 0 Å². The van der Waals surface area contributed by atoms with Gasteiger partial charge in [-0.1, -0.05) is 12.1 Å². The van der Waals surface area contributed by atoms with Crippen LogP contribution in [0.25, 0.3) is 0 Å². The van der Waals surface area contributed by atoms with Crippen molar-refractivity contribution in [1.29, 1.82) is 0 Å². The molecule has 0 aliphatic carbocycles. The molecular weight excluding hydrogens is 243 g/mol. The topological polar surface area (TPSA) is 35.5 Å². The van der Waals surface area contributed by atoms with Crippen molar-refractivity contribution in [2.24, 2.45) is 0 Å². The average molecular weight is 266 g/mol. The third kappa shape index (κ3) is 4.00. The van der Waals surface area contributed by atoms with Gasteiger partial charge in [0.15, 0.2) is 0 Å². The van der Waals surface area contributed by atoms with Crippen molar-refractivity contribution in [2.45, 2.75) is 31.8 Å². The molecule has 0 bridgehead atoms. The van der Waals surface area contributed by atoms with Crippen LogP contribution in [0.5, 0.6) is 0 Å². The molecule has 1 aliphatic rings. The fraction of sp³-hybridized carbons (Fsp3) is 0.600. The zero-order valence-electron chi connectivity index (χ0n) is 11.5. The lowest BCUT2D eigenvalue weighted by atomic mass is 10.1. The molecule has 19 heavy (non-hydrogen) atoms. The van der Waals surface area contributed by atoms with Crippen molar-refractivity contribution in [3.8, 4) is 0 Å². The predicted molar refractivity (Wildman–Crippen MR) is 74.5 cm³/mol. The number of nitrogens with one attached hydrogen (secondary N) is 1. The molecule has 1 saturated heterocycles. The Kier molecular flexibility index (Phi) is 5.31. The molecule has 1 aliphatic heterocycles. The van der Waals surface area contributed by atoms with Crippen molar-refractivity contribution in [3.63, 3.8) is 0 Å². The molecule has 3 nitrogen and oxygen atoms in total. The second-order valence-corrected chi connectivity index (χ2v) is 5.24. The summed E-state index contributed by atoms with van der Waals surface area (Å²) >= 11 is 0. The number of nitrogens with zero attached hydrogens (tertiary/aromatic N) is 1. The van der Waals surface area contributed by atoms with Gasteiger partial charge in [-0.3, -0.25) is 4.90 Å². The molecule has 0 radical (unpaired) electrons. The van der Waals surface area contributed by atoms with E-state index in [1.807, 2.05) is 12.1 Å². The summed E-state index contributed by atoms with van der Waals surface area (Å²) in [4.78, 5) is 2.26. The quantitative estimate of drug-likeness (QED) is 0.826. The molecule has 2 unspecified atom stereocenters. The van der Waals surface area contributed by atoms with Crippen molar-refractivity contribution in [1.82, 2.24) is 10.2 Å². The average Bonchev–Trinajstić information content (AvgIpc) is 2.91. The lowest BCUT2D eigenvalue weighted by Crippen LogP contribution is -2.40. The Labute approximate surface area is 114 Å². The first-order chi connectivity index (χ1) is 9.20. The largest absolute Gasteiger partial charge is 0.395 e. The number of benzene rings is 1. The van der Waals surface area contributed by atoms with Crippen molar-refractivity contribution < 1.29 is 9.50 Å². The van der Waals surface area contributed by atoms with Crippen LogP contribution in [-0.2, 0) is 0 Å². The Morgan fingerprint density at radius 2 is 2.16 bits per heavy atom. The zero-order chi connectivity index (χ0) is 13.7. The van der Waals surface area contributed by atoms with Crippen LogP contribution in [0.1, 0.15) is 31.4 Å². The minimum Gasteiger partial charge on any atom is -0.395 e. The Morgan fingerprint density at radius 1 is 1.42 bits per heavy atom. The predicted octanol–water partition coefficient (Wildman–Crippen LogP) is 1.93. The van der Waals surface area contributed by atoms with Crippen molar-refractivity contribution >= 4 is 0 Å². The van der Waals surface area contributed by atoms with Gasteiger partial charge in [-0.2, -0.15) is 0 Å². The first-order valence-electron chi connectivity index (χ1n) is 7.04. The van der Waals surface area contributed by atoms with E-state index in [-0.39, 0.29) is 18.5 Å². The standard InChI is InChI=1S/C15H23FN2O/c1-12(13-4-6-14(16)7-5-13)18(9-10-19)11-15-3-2-8-17-15/h4-7,12,15,17,19H,2-3,8-11H2,1H3. The van der Waals surface area contributed by atoms with Gasteiger partial charge in [0.25, 0.3) is 0 Å². The van der Waals surface area contributed by atoms with Gasteiger partial charge in [0.1, 0.15) is 5.82 Å². The zero-order valence-corrected chi connectivity index (χ0v) is 11.5. The van der Waals surface area contributed by atoms with Gasteiger partial charge in [-0.15, -0.1) is 0 Å². The van der Waals surface area contributed by atoms with Gasteiger partial charge in [0.2, 0.25) is 0 Å². The fourth-order valence-corrected chi connectivity index (χ4v) is 2.72. The fourth-order valence-electron chi connectivity index (χ4n) is 2.72. The highest BCUT2D eigenvalue weighted by atomic mass is 19.1. The smallest absolute Gasteiger partial charge is 0.123 e. The van der Waals surface area contributed by atoms with E-state index in [0.29, 0.717) is 12.6 Å². The van der Waals surface area contributed by atoms with Crippen molar-refractivity contribution in [2.75, 3.05) is 26.2 Å². The molecule has 0 saturated carbocycles. The van der Waals surface area contributed by atoms with E-state index in [9.17, 15) is 9.50 Å². The van der Waals surface area contributed by atoms with Crippen LogP contribution in [0, 0.1) is 5.82 Å². The van der Waals surface area contributed by atoms with Gasteiger partial charge in [0, 0.05) is 25.2 Å². The Bertz CT molecular complexity index is 376. The second-order valence-electron chi connectivity index (χ2n) is 5.24. The van der Waals surface area contributed by atoms with Gasteiger partial charge in [0.05, 0.1) is 6.61 Å². The van der Waals surface area contributed by atoms with Crippen LogP contribution in [0.4, 0.5) is 4.39 Å². The Hall–Kier alpha value is -0.970. The summed E-state index contributed by atoms with van der Waals surface area (Å²) in [5.74, 6) is -0.206. The minimum atomic E-state index is -0.206. The SMILES string of the molecule is CC(c1ccc(F)cc1)N(CCO)CC1CCCN1. The maximum absolute atomic E-state index is 13.0. The first kappa shape index (κ1) is 14.4. The monoisotopic (exact) mass is 266 g/mol. The summed E-state index contributed by atoms with van der Waals surface area (Å²) in [6, 6.07) is 7.34. The lowest BCUT2D eigenvalue weighted by molar-refractivity contribution is 0.147. The Balaban J connectivity index is 2.01. The molecule has 1 aromatic rings. The maximum atomic E-state index is 13.0. The third-order valence-electron chi connectivity index (χ3n) is 3.90. The van der Waals surface area contributed by atoms with Crippen LogP contribution < -0.4 is 5.32 Å². The molecule has 2 rings (SSSR count). The number of hydrogen-bond acceptors (Lipinski definition) is 3. The van der Waals surface area contributed by atoms with Crippen LogP contribution in [0.3, 0.4) is 0 Å². The summed E-state index contributed by atoms with van der Waals surface area (Å²) in [7, 11) is 0. The Morgan fingerprint density at radius 3 is 2.74 bits per heavy atom. The first-order valence-corrected chi connectivity index (χ1v) is 7.04. The highest BCUT2D eigenvalue weighted by Crippen LogP contribution is 2.21. The summed E-state index contributed by atoms with van der Waals surface area (Å²) in [5.41, 5.74) is 1.09. The van der Waals surface area contributed by atoms with E-state index in [2.05, 4.69) is 17.1 Å². The number of aliphatic hydroxyl groups excluding tert-OH is 1. The molecule has 1 aromatic carbocycles. The normalized spacial score (nSPS) is 20.9. The molecule has 0 amide bonds. The molecule has 4 heteroatoms. The van der Waals surface area contributed by atoms with Crippen LogP contribution in [0.2, 0.25) is 0 Å². The molecule has 2 N–H and O–H groups in total. The van der Waals surface area contributed by atoms with E-state index in [1.165, 1.54) is 25.0 Å². The van der Waals surface area contributed by atoms with Crippen LogP contribution in [0.15, 0.2) is 24.3 Å². The second kappa shape index (κ2) is 6.98. The van der Waals surface area contributed by atoms with Crippen LogP contribution in [-0.4, -0.2) is 42.3 Å². The lowest BCUT2D eigenvalue weighted by Gasteiger charge is -2.31. The van der Waals surface area contributed by atoms with E-state index in [0.717, 1.165) is 18.7 Å². The number of aliphatic hydroxyl groups is 1. The highest BCUT2D eigenvalue weighted by molar-refractivity contribution is 5.19. The van der Waals surface area contributed by atoms with E-state index >= 15 is 0 Å². The maximum Gasteiger partial charge on any atom is 0.123 e. The summed E-state index contributed by atoms with van der Waals surface area (Å²) in [6.45, 7) is 4.93. The number of halogens is 1. The van der Waals surface area contributed by atoms with Gasteiger partial charge < -0.3 is 10.4 Å². The summed E-state index contributed by atoms with van der Waals surface area (Å²) < 4.78 is 13.0. The molecular formula is C15H23FN2O. The minimum absolute atomic E-state index is 0.151. The molecule has 0 spiro atoms. The van der Waals surface area contributed by atoms with Crippen LogP contribution >= 0.6 is 0 Å². The van der Waals surface area contributed by atoms with E-state index in [1.54, 1.807) is 0 Å². The van der Waals surface area contributed by atoms with Gasteiger partial charge in [-0.25, -0.2) is 4.39 Å². The van der Waals surface area contributed by atoms with Crippen molar-refractivity contribution in [3.05, 3.63) is 35.6 Å². The molecule has 2 atom stereocenters. The van der Waals surface area contributed by atoms with Gasteiger partial charge in [-0.05, 0) is 44.0 Å². The van der Waals surface area contributed by atoms with Gasteiger partial charge >= 0.3 is 0 Å². The summed E-state index contributed by atoms with van der Waals surface area (Å²) in [6.07, 6.45) is 2.42. The third-order valence-corrected chi connectivity index (χ3v) is 3.90. The number of hydrogen-bond donors (Lipinski definition) is 2. The van der Waals surface area contributed by atoms with E-state index in [4.69, 9.17) is 0 Å². The summed E-state index contributed by atoms with van der Waals surface area (Å²) in [5, 5.41) is 12.7. The number of rotatable bonds is 6.